The third-order valence-corrected chi connectivity index (χ3v) is 12.9. The Morgan fingerprint density at radius 3 is 1.04 bits per heavy atom. The molecule has 0 unspecified atom stereocenters. The summed E-state index contributed by atoms with van der Waals surface area (Å²) in [5, 5.41) is 0. The predicted molar refractivity (Wildman–Crippen MR) is 305 cm³/mol. The molecular weight excluding hydrogens is 961 g/mol. The summed E-state index contributed by atoms with van der Waals surface area (Å²) in [6.07, 6.45) is 17.5. The van der Waals surface area contributed by atoms with Gasteiger partial charge in [-0.2, -0.15) is 0 Å². The Morgan fingerprint density at radius 1 is 0.421 bits per heavy atom. The van der Waals surface area contributed by atoms with Gasteiger partial charge < -0.3 is 28.4 Å². The number of aryl methyl sites for hydroxylation is 1. The van der Waals surface area contributed by atoms with Crippen molar-refractivity contribution in [3.63, 3.8) is 0 Å². The van der Waals surface area contributed by atoms with Crippen LogP contribution in [0, 0.1) is 16.2 Å². The van der Waals surface area contributed by atoms with Gasteiger partial charge in [0, 0.05) is 18.2 Å². The minimum absolute atomic E-state index is 0.0532. The van der Waals surface area contributed by atoms with Gasteiger partial charge in [-0.05, 0) is 137 Å². The standard InChI is InChI=1S/C23H34O4.C21H30O4.C20H28O4/c1-5-7-8-9-10-19-11-13-20(14-12-19)15-16-21(24)26-17-18-27-22(25)23(3,4)6-2;1-7-21(5,6)19(23)25-15-14-24-18(22)13-10-16-8-11-17(12-9-16)20(2,3)4;1-6-20(4,5)19(22)24-14-13-23-18(21)12-9-16-7-10-17(11-8-16)15(2)3/h11-16H,5-10,17-18H2,1-4H3;8-13H,7,14-15H2,1-6H3;7-12,15H,6,13-14H2,1-5H3/b16-15+;13-10+;12-9+. The number of unbranched alkanes of at least 4 members (excludes halogenated alkanes) is 3. The molecule has 0 aromatic heterocycles. The Bertz CT molecular complexity index is 2290. The predicted octanol–water partition coefficient (Wildman–Crippen LogP) is 14.2. The molecule has 0 aliphatic rings. The van der Waals surface area contributed by atoms with Crippen molar-refractivity contribution in [1.82, 2.24) is 0 Å². The molecule has 3 aromatic rings. The molecule has 0 atom stereocenters. The monoisotopic (exact) mass is 1050 g/mol. The van der Waals surface area contributed by atoms with Crippen LogP contribution in [0.1, 0.15) is 188 Å². The van der Waals surface area contributed by atoms with Crippen LogP contribution in [0.2, 0.25) is 0 Å². The van der Waals surface area contributed by atoms with Crippen molar-refractivity contribution in [3.05, 3.63) is 124 Å². The summed E-state index contributed by atoms with van der Waals surface area (Å²) < 4.78 is 30.5. The van der Waals surface area contributed by atoms with Gasteiger partial charge in [0.05, 0.1) is 16.2 Å². The van der Waals surface area contributed by atoms with Gasteiger partial charge >= 0.3 is 35.8 Å². The van der Waals surface area contributed by atoms with E-state index in [0.29, 0.717) is 25.2 Å². The zero-order valence-corrected chi connectivity index (χ0v) is 48.8. The fraction of sp³-hybridized carbons (Fsp3) is 0.531. The van der Waals surface area contributed by atoms with Crippen molar-refractivity contribution < 1.29 is 57.2 Å². The highest BCUT2D eigenvalue weighted by Gasteiger charge is 2.28. The van der Waals surface area contributed by atoms with Gasteiger partial charge in [0.15, 0.2) is 0 Å². The first-order valence-corrected chi connectivity index (χ1v) is 27.1. The van der Waals surface area contributed by atoms with E-state index in [-0.39, 0.29) is 63.0 Å². The summed E-state index contributed by atoms with van der Waals surface area (Å²) in [6.45, 7) is 30.1. The molecule has 0 aliphatic carbocycles. The zero-order valence-electron chi connectivity index (χ0n) is 48.8. The van der Waals surface area contributed by atoms with Crippen LogP contribution in [-0.4, -0.2) is 75.5 Å². The van der Waals surface area contributed by atoms with Crippen molar-refractivity contribution in [3.8, 4) is 0 Å². The highest BCUT2D eigenvalue weighted by Crippen LogP contribution is 2.25. The average molecular weight is 1050 g/mol. The fourth-order valence-corrected chi connectivity index (χ4v) is 6.12. The lowest BCUT2D eigenvalue weighted by Crippen LogP contribution is -2.27. The smallest absolute Gasteiger partial charge is 0.330 e. The van der Waals surface area contributed by atoms with Crippen molar-refractivity contribution >= 4 is 54.0 Å². The van der Waals surface area contributed by atoms with Crippen molar-refractivity contribution in [2.75, 3.05) is 39.6 Å². The van der Waals surface area contributed by atoms with Crippen molar-refractivity contribution in [2.45, 2.75) is 167 Å². The second-order valence-corrected chi connectivity index (χ2v) is 21.9. The first kappa shape index (κ1) is 67.7. The van der Waals surface area contributed by atoms with Crippen LogP contribution in [0.25, 0.3) is 18.2 Å². The summed E-state index contributed by atoms with van der Waals surface area (Å²) in [5.74, 6) is -1.69. The van der Waals surface area contributed by atoms with Crippen molar-refractivity contribution in [2.24, 2.45) is 16.2 Å². The Kier molecular flexibility index (Phi) is 31.3. The number of ether oxygens (including phenoxy) is 6. The van der Waals surface area contributed by atoms with Gasteiger partial charge in [-0.1, -0.05) is 154 Å². The van der Waals surface area contributed by atoms with Crippen LogP contribution in [0.5, 0.6) is 0 Å². The van der Waals surface area contributed by atoms with Crippen LogP contribution in [0.3, 0.4) is 0 Å². The molecule has 0 N–H and O–H groups in total. The Hall–Kier alpha value is -6.30. The van der Waals surface area contributed by atoms with E-state index in [1.165, 1.54) is 60.6 Å². The highest BCUT2D eigenvalue weighted by atomic mass is 16.6. The molecule has 3 aromatic carbocycles. The highest BCUT2D eigenvalue weighted by molar-refractivity contribution is 5.88. The molecule has 420 valence electrons. The van der Waals surface area contributed by atoms with Crippen LogP contribution in [0.15, 0.2) is 91.0 Å². The van der Waals surface area contributed by atoms with E-state index in [0.717, 1.165) is 23.1 Å². The second-order valence-electron chi connectivity index (χ2n) is 21.9. The largest absolute Gasteiger partial charge is 0.462 e. The first-order chi connectivity index (χ1) is 35.7. The van der Waals surface area contributed by atoms with Crippen LogP contribution in [-0.2, 0) is 69.0 Å². The van der Waals surface area contributed by atoms with E-state index in [4.69, 9.17) is 28.4 Å². The molecule has 0 fully saturated rings. The topological polar surface area (TPSA) is 158 Å². The SMILES string of the molecule is CCC(C)(C)C(=O)OCCOC(=O)/C=C/c1ccc(C(C)(C)C)cc1.CCC(C)(C)C(=O)OCCOC(=O)/C=C/c1ccc(C(C)C)cc1.CCCCCCc1ccc(/C=C/C(=O)OCCOC(=O)C(C)(C)CC)cc1. The fourth-order valence-electron chi connectivity index (χ4n) is 6.12. The van der Waals surface area contributed by atoms with Crippen molar-refractivity contribution in [1.29, 1.82) is 0 Å². The molecule has 0 saturated carbocycles. The summed E-state index contributed by atoms with van der Waals surface area (Å²) in [4.78, 5) is 70.4. The molecule has 3 rings (SSSR count). The summed E-state index contributed by atoms with van der Waals surface area (Å²) in [6, 6.07) is 24.3. The van der Waals surface area contributed by atoms with E-state index in [1.807, 2.05) is 111 Å². The summed E-state index contributed by atoms with van der Waals surface area (Å²) >= 11 is 0. The van der Waals surface area contributed by atoms with Crippen LogP contribution < -0.4 is 0 Å². The minimum Gasteiger partial charge on any atom is -0.462 e. The normalized spacial score (nSPS) is 11.8. The van der Waals surface area contributed by atoms with Gasteiger partial charge in [0.1, 0.15) is 39.6 Å². The van der Waals surface area contributed by atoms with E-state index < -0.39 is 34.2 Å². The van der Waals surface area contributed by atoms with Crippen LogP contribution in [0.4, 0.5) is 0 Å². The average Bonchev–Trinajstić information content (AvgIpc) is 3.39. The molecule has 0 amide bonds. The van der Waals surface area contributed by atoms with E-state index >= 15 is 0 Å². The van der Waals surface area contributed by atoms with Gasteiger partial charge in [0.2, 0.25) is 0 Å². The maximum absolute atomic E-state index is 11.8. The minimum atomic E-state index is -0.511. The molecule has 0 spiro atoms. The zero-order chi connectivity index (χ0) is 57.4. The quantitative estimate of drug-likeness (QED) is 0.0308. The molecule has 76 heavy (non-hydrogen) atoms. The lowest BCUT2D eigenvalue weighted by atomic mass is 9.87. The molecule has 0 radical (unpaired) electrons. The number of benzene rings is 3. The molecule has 0 saturated heterocycles. The van der Waals surface area contributed by atoms with Gasteiger partial charge in [-0.15, -0.1) is 0 Å². The van der Waals surface area contributed by atoms with Gasteiger partial charge in [0.25, 0.3) is 0 Å². The van der Waals surface area contributed by atoms with Crippen LogP contribution >= 0.6 is 0 Å². The third kappa shape index (κ3) is 28.6. The Balaban J connectivity index is 0.000000571. The lowest BCUT2D eigenvalue weighted by molar-refractivity contribution is -0.158. The number of esters is 6. The lowest BCUT2D eigenvalue weighted by Gasteiger charge is -2.20. The molecular formula is C64H92O12. The summed E-state index contributed by atoms with van der Waals surface area (Å²) in [5.41, 5.74) is 5.22. The number of hydrogen-bond acceptors (Lipinski definition) is 12. The Labute approximate surface area is 456 Å². The van der Waals surface area contributed by atoms with E-state index in [2.05, 4.69) is 65.8 Å². The second kappa shape index (κ2) is 35.1. The molecule has 12 nitrogen and oxygen atoms in total. The number of carbonyl (C=O) groups is 6. The maximum atomic E-state index is 11.8. The first-order valence-electron chi connectivity index (χ1n) is 27.1. The van der Waals surface area contributed by atoms with E-state index in [9.17, 15) is 28.8 Å². The van der Waals surface area contributed by atoms with Gasteiger partial charge in [-0.25, -0.2) is 14.4 Å². The molecule has 0 bridgehead atoms. The third-order valence-electron chi connectivity index (χ3n) is 12.9. The van der Waals surface area contributed by atoms with E-state index in [1.54, 1.807) is 18.2 Å². The number of carbonyl (C=O) groups excluding carboxylic acids is 6. The number of rotatable bonds is 27. The molecule has 12 heteroatoms. The number of hydrogen-bond donors (Lipinski definition) is 0. The molecule has 0 aliphatic heterocycles. The Morgan fingerprint density at radius 2 is 0.737 bits per heavy atom. The van der Waals surface area contributed by atoms with Gasteiger partial charge in [-0.3, -0.25) is 14.4 Å². The maximum Gasteiger partial charge on any atom is 0.330 e. The molecule has 0 heterocycles. The summed E-state index contributed by atoms with van der Waals surface area (Å²) in [7, 11) is 0.